The number of aromatic nitrogens is 1. The maximum absolute atomic E-state index is 15.2. The Kier molecular flexibility index (Phi) is 10.00. The first-order chi connectivity index (χ1) is 20.0. The van der Waals surface area contributed by atoms with E-state index in [1.165, 1.54) is 6.07 Å². The zero-order chi connectivity index (χ0) is 30.4. The number of benzene rings is 1. The number of rotatable bonds is 14. The van der Waals surface area contributed by atoms with Crippen molar-refractivity contribution in [2.75, 3.05) is 34.1 Å². The van der Waals surface area contributed by atoms with Gasteiger partial charge in [-0.1, -0.05) is 44.3 Å². The van der Waals surface area contributed by atoms with Gasteiger partial charge in [-0.3, -0.25) is 14.6 Å². The topological polar surface area (TPSA) is 126 Å². The molecule has 2 atom stereocenters. The lowest BCUT2D eigenvalue weighted by Gasteiger charge is -2.28. The second kappa shape index (κ2) is 13.5. The zero-order valence-corrected chi connectivity index (χ0v) is 23.9. The summed E-state index contributed by atoms with van der Waals surface area (Å²) in [7, 11) is -4.65. The average molecular weight is 613 g/mol. The first kappa shape index (κ1) is 31.2. The van der Waals surface area contributed by atoms with Crippen LogP contribution >= 0.6 is 7.75 Å². The van der Waals surface area contributed by atoms with Crippen molar-refractivity contribution in [3.63, 3.8) is 0 Å². The first-order valence-electron chi connectivity index (χ1n) is 13.5. The van der Waals surface area contributed by atoms with Gasteiger partial charge >= 0.3 is 13.8 Å². The molecule has 228 valence electrons. The van der Waals surface area contributed by atoms with Crippen molar-refractivity contribution in [2.45, 2.75) is 58.0 Å². The highest BCUT2D eigenvalue weighted by Crippen LogP contribution is 2.51. The van der Waals surface area contributed by atoms with Gasteiger partial charge in [0, 0.05) is 37.7 Å². The van der Waals surface area contributed by atoms with Crippen LogP contribution in [0.25, 0.3) is 0 Å². The van der Waals surface area contributed by atoms with Crippen LogP contribution in [0.5, 0.6) is 0 Å². The van der Waals surface area contributed by atoms with Gasteiger partial charge in [-0.25, -0.2) is 27.2 Å². The van der Waals surface area contributed by atoms with E-state index in [1.54, 1.807) is 0 Å². The number of ketones is 1. The third-order valence-corrected chi connectivity index (χ3v) is 8.26. The van der Waals surface area contributed by atoms with Crippen molar-refractivity contribution in [3.8, 4) is 0 Å². The van der Waals surface area contributed by atoms with Gasteiger partial charge in [-0.05, 0) is 12.5 Å². The number of carbonyl (C=O) groups is 2. The zero-order valence-electron chi connectivity index (χ0n) is 23.0. The van der Waals surface area contributed by atoms with Gasteiger partial charge in [0.15, 0.2) is 29.1 Å². The SMILES string of the molecule is C=C(CCCCCCC)OP(=O)(O)N(CC1CN(c2cc(F)c(N3C=CC(=O)CC3)c(F)c2F)C(=O)O1)c1ccon1. The molecule has 0 spiro atoms. The number of hydrogen-bond acceptors (Lipinski definition) is 8. The number of ether oxygens (including phenoxy) is 1. The van der Waals surface area contributed by atoms with Crippen molar-refractivity contribution in [1.29, 1.82) is 0 Å². The normalized spacial score (nSPS) is 18.3. The molecule has 1 saturated heterocycles. The maximum atomic E-state index is 15.2. The highest BCUT2D eigenvalue weighted by atomic mass is 31.2. The second-order valence-electron chi connectivity index (χ2n) is 9.92. The van der Waals surface area contributed by atoms with Gasteiger partial charge in [0.2, 0.25) is 0 Å². The molecule has 1 aromatic heterocycles. The summed E-state index contributed by atoms with van der Waals surface area (Å²) >= 11 is 0. The van der Waals surface area contributed by atoms with Gasteiger partial charge in [0.1, 0.15) is 23.8 Å². The molecule has 0 bridgehead atoms. The van der Waals surface area contributed by atoms with E-state index >= 15 is 13.2 Å². The van der Waals surface area contributed by atoms with E-state index in [4.69, 9.17) is 13.8 Å². The van der Waals surface area contributed by atoms with Crippen LogP contribution in [0.1, 0.15) is 51.9 Å². The van der Waals surface area contributed by atoms with Crippen molar-refractivity contribution >= 4 is 36.8 Å². The van der Waals surface area contributed by atoms with E-state index in [9.17, 15) is 19.0 Å². The summed E-state index contributed by atoms with van der Waals surface area (Å²) in [5.41, 5.74) is -1.42. The molecule has 0 aliphatic carbocycles. The number of carbonyl (C=O) groups excluding carboxylic acids is 2. The molecule has 42 heavy (non-hydrogen) atoms. The van der Waals surface area contributed by atoms with Gasteiger partial charge in [-0.15, -0.1) is 0 Å². The van der Waals surface area contributed by atoms with Crippen LogP contribution in [0.4, 0.5) is 35.2 Å². The average Bonchev–Trinajstić information content (AvgIpc) is 3.60. The Morgan fingerprint density at radius 2 is 2.00 bits per heavy atom. The van der Waals surface area contributed by atoms with Crippen LogP contribution in [-0.2, 0) is 18.6 Å². The molecule has 2 aliphatic heterocycles. The molecule has 0 radical (unpaired) electrons. The van der Waals surface area contributed by atoms with E-state index in [2.05, 4.69) is 18.7 Å². The summed E-state index contributed by atoms with van der Waals surface area (Å²) in [4.78, 5) is 36.7. The third kappa shape index (κ3) is 7.16. The Morgan fingerprint density at radius 3 is 2.67 bits per heavy atom. The molecule has 3 heterocycles. The molecule has 1 fully saturated rings. The quantitative estimate of drug-likeness (QED) is 0.114. The van der Waals surface area contributed by atoms with Gasteiger partial charge in [0.05, 0.1) is 18.8 Å². The minimum atomic E-state index is -4.65. The Morgan fingerprint density at radius 1 is 1.24 bits per heavy atom. The minimum absolute atomic E-state index is 0.00830. The predicted molar refractivity (Wildman–Crippen MR) is 147 cm³/mol. The largest absolute Gasteiger partial charge is 0.487 e. The lowest BCUT2D eigenvalue weighted by molar-refractivity contribution is -0.114. The molecule has 11 nitrogen and oxygen atoms in total. The van der Waals surface area contributed by atoms with E-state index in [-0.39, 0.29) is 30.3 Å². The molecule has 2 aromatic rings. The lowest BCUT2D eigenvalue weighted by atomic mass is 10.1. The monoisotopic (exact) mass is 612 g/mol. The summed E-state index contributed by atoms with van der Waals surface area (Å²) in [6, 6.07) is 1.95. The molecule has 4 rings (SSSR count). The number of allylic oxidation sites excluding steroid dienone is 2. The summed E-state index contributed by atoms with van der Waals surface area (Å²) < 4.78 is 74.7. The number of unbranched alkanes of at least 4 members (excludes halogenated alkanes) is 4. The predicted octanol–water partition coefficient (Wildman–Crippen LogP) is 6.21. The Hall–Kier alpha value is -3.77. The summed E-state index contributed by atoms with van der Waals surface area (Å²) in [6.07, 6.45) is 6.27. The number of nitrogens with zero attached hydrogens (tertiary/aromatic N) is 4. The van der Waals surface area contributed by atoms with Crippen molar-refractivity contribution in [3.05, 3.63) is 60.5 Å². The standard InChI is InChI=1S/C27H32F3N4O7P/c1-3-4-5-6-7-8-18(2)41-42(37,38)34(23-11-14-39-31-23)17-20-16-33(27(36)40-20)22-15-21(28)26(25(30)24(22)29)32-12-9-19(35)10-13-32/h9,11-12,14-15,20H,2-8,10,13,16-17H2,1H3,(H,37,38). The van der Waals surface area contributed by atoms with E-state index < -0.39 is 61.9 Å². The molecule has 15 heteroatoms. The van der Waals surface area contributed by atoms with Crippen molar-refractivity contribution < 1.29 is 46.0 Å². The van der Waals surface area contributed by atoms with Crippen LogP contribution in [0.15, 0.2) is 47.5 Å². The van der Waals surface area contributed by atoms with Crippen molar-refractivity contribution in [2.24, 2.45) is 0 Å². The van der Waals surface area contributed by atoms with Crippen LogP contribution in [0.2, 0.25) is 0 Å². The fourth-order valence-electron chi connectivity index (χ4n) is 4.64. The molecule has 1 N–H and O–H groups in total. The first-order valence-corrected chi connectivity index (χ1v) is 15.1. The maximum Gasteiger partial charge on any atom is 0.487 e. The highest BCUT2D eigenvalue weighted by molar-refractivity contribution is 7.54. The Labute approximate surface area is 240 Å². The Bertz CT molecular complexity index is 1390. The number of halogens is 3. The van der Waals surface area contributed by atoms with E-state index in [0.717, 1.165) is 53.8 Å². The number of amides is 1. The van der Waals surface area contributed by atoms with Gasteiger partial charge in [0.25, 0.3) is 0 Å². The third-order valence-electron chi connectivity index (χ3n) is 6.78. The van der Waals surface area contributed by atoms with Crippen LogP contribution < -0.4 is 14.5 Å². The van der Waals surface area contributed by atoms with Gasteiger partial charge in [-0.2, -0.15) is 0 Å². The number of hydrogen-bond donors (Lipinski definition) is 1. The molecule has 2 unspecified atom stereocenters. The van der Waals surface area contributed by atoms with Crippen LogP contribution in [0, 0.1) is 17.5 Å². The molecule has 0 saturated carbocycles. The van der Waals surface area contributed by atoms with E-state index in [0.29, 0.717) is 23.8 Å². The minimum Gasteiger partial charge on any atom is -0.442 e. The molecule has 1 amide bonds. The second-order valence-corrected chi connectivity index (χ2v) is 11.6. The summed E-state index contributed by atoms with van der Waals surface area (Å²) in [5, 5.41) is 3.68. The molecular formula is C27H32F3N4O7P. The molecular weight excluding hydrogens is 580 g/mol. The fourth-order valence-corrected chi connectivity index (χ4v) is 5.92. The Balaban J connectivity index is 1.48. The molecule has 1 aromatic carbocycles. The smallest absolute Gasteiger partial charge is 0.442 e. The van der Waals surface area contributed by atoms with Crippen LogP contribution in [0.3, 0.4) is 0 Å². The van der Waals surface area contributed by atoms with E-state index in [1.807, 2.05) is 0 Å². The highest BCUT2D eigenvalue weighted by Gasteiger charge is 2.42. The van der Waals surface area contributed by atoms with Gasteiger partial charge < -0.3 is 18.7 Å². The number of anilines is 3. The lowest BCUT2D eigenvalue weighted by Crippen LogP contribution is -2.34. The summed E-state index contributed by atoms with van der Waals surface area (Å²) in [6.45, 7) is 4.89. The number of cyclic esters (lactones) is 1. The fraction of sp³-hybridized carbons (Fsp3) is 0.444. The summed E-state index contributed by atoms with van der Waals surface area (Å²) in [5.74, 6) is -4.48. The van der Waals surface area contributed by atoms with Crippen molar-refractivity contribution in [1.82, 2.24) is 5.16 Å². The molecule has 2 aliphatic rings. The van der Waals surface area contributed by atoms with Crippen LogP contribution in [-0.4, -0.2) is 47.7 Å².